The highest BCUT2D eigenvalue weighted by atomic mass is 19.2. The number of hydrogen-bond acceptors (Lipinski definition) is 6. The quantitative estimate of drug-likeness (QED) is 0.731. The van der Waals surface area contributed by atoms with Crippen LogP contribution in [0.25, 0.3) is 0 Å². The summed E-state index contributed by atoms with van der Waals surface area (Å²) in [5, 5.41) is 2.48. The average molecular weight is 432 g/mol. The van der Waals surface area contributed by atoms with Gasteiger partial charge in [-0.25, -0.2) is 13.6 Å². The summed E-state index contributed by atoms with van der Waals surface area (Å²) >= 11 is 0. The second kappa shape index (κ2) is 7.86. The third kappa shape index (κ3) is 3.43. The Morgan fingerprint density at radius 1 is 1.13 bits per heavy atom. The fraction of sp³-hybridized carbons (Fsp3) is 0.286. The molecule has 1 fully saturated rings. The van der Waals surface area contributed by atoms with Crippen molar-refractivity contribution >= 4 is 23.5 Å². The van der Waals surface area contributed by atoms with Crippen molar-refractivity contribution in [2.24, 2.45) is 0 Å². The number of halogens is 2. The van der Waals surface area contributed by atoms with E-state index in [-0.39, 0.29) is 35.7 Å². The van der Waals surface area contributed by atoms with E-state index in [9.17, 15) is 23.2 Å². The fourth-order valence-electron chi connectivity index (χ4n) is 3.84. The van der Waals surface area contributed by atoms with Gasteiger partial charge in [-0.05, 0) is 30.7 Å². The van der Waals surface area contributed by atoms with Crippen molar-refractivity contribution in [3.8, 4) is 11.5 Å². The number of benzene rings is 2. The predicted octanol–water partition coefficient (Wildman–Crippen LogP) is 2.78. The van der Waals surface area contributed by atoms with Crippen LogP contribution < -0.4 is 14.8 Å². The molecule has 31 heavy (non-hydrogen) atoms. The van der Waals surface area contributed by atoms with Crippen molar-refractivity contribution in [3.05, 3.63) is 53.1 Å². The first-order valence-corrected chi connectivity index (χ1v) is 9.38. The molecule has 2 atom stereocenters. The minimum atomic E-state index is -1.13. The van der Waals surface area contributed by atoms with E-state index < -0.39 is 35.8 Å². The molecular formula is C21H18F2N2O6. The maximum absolute atomic E-state index is 13.5. The number of esters is 1. The van der Waals surface area contributed by atoms with Gasteiger partial charge in [0.05, 0.1) is 14.2 Å². The van der Waals surface area contributed by atoms with Crippen LogP contribution >= 0.6 is 0 Å². The lowest BCUT2D eigenvalue weighted by Crippen LogP contribution is -2.43. The van der Waals surface area contributed by atoms with E-state index in [1.807, 2.05) is 0 Å². The average Bonchev–Trinajstić information content (AvgIpc) is 3.29. The number of carbonyl (C=O) groups excluding carboxylic acids is 3. The van der Waals surface area contributed by atoms with Gasteiger partial charge in [0.2, 0.25) is 18.0 Å². The van der Waals surface area contributed by atoms with Gasteiger partial charge in [0.1, 0.15) is 11.6 Å². The first kappa shape index (κ1) is 20.6. The Kier molecular flexibility index (Phi) is 5.22. The number of nitrogens with one attached hydrogen (secondary N) is 1. The molecule has 2 amide bonds. The topological polar surface area (TPSA) is 94.2 Å². The summed E-state index contributed by atoms with van der Waals surface area (Å²) in [4.78, 5) is 39.2. The minimum Gasteiger partial charge on any atom is -0.493 e. The Labute approximate surface area is 175 Å². The molecule has 2 unspecified atom stereocenters. The molecule has 2 aromatic carbocycles. The molecule has 2 aromatic rings. The molecule has 8 nitrogen and oxygen atoms in total. The van der Waals surface area contributed by atoms with Crippen molar-refractivity contribution in [2.75, 3.05) is 19.5 Å². The highest BCUT2D eigenvalue weighted by Crippen LogP contribution is 2.45. The van der Waals surface area contributed by atoms with Gasteiger partial charge in [-0.1, -0.05) is 0 Å². The monoisotopic (exact) mass is 432 g/mol. The van der Waals surface area contributed by atoms with Crippen LogP contribution in [0.15, 0.2) is 30.3 Å². The Balaban J connectivity index is 1.64. The molecule has 10 heteroatoms. The Morgan fingerprint density at radius 3 is 2.58 bits per heavy atom. The number of cyclic esters (lactones) is 1. The SMILES string of the molecule is COc1ccc2c(c1OC)C(=O)OC2N1C(=O)CCC1C(=O)Nc1ccc(F)c(F)c1. The van der Waals surface area contributed by atoms with E-state index in [1.54, 1.807) is 12.1 Å². The van der Waals surface area contributed by atoms with Gasteiger partial charge in [-0.2, -0.15) is 0 Å². The molecule has 1 saturated heterocycles. The zero-order valence-electron chi connectivity index (χ0n) is 16.6. The van der Waals surface area contributed by atoms with Gasteiger partial charge in [0, 0.05) is 23.7 Å². The molecule has 4 rings (SSSR count). The third-order valence-electron chi connectivity index (χ3n) is 5.26. The number of anilines is 1. The van der Waals surface area contributed by atoms with Crippen LogP contribution in [0.2, 0.25) is 0 Å². The highest BCUT2D eigenvalue weighted by Gasteiger charge is 2.47. The standard InChI is InChI=1S/C21H18F2N2O6/c1-29-15-7-4-11-17(18(15)30-2)21(28)31-20(11)25-14(6-8-16(25)26)19(27)24-10-3-5-12(22)13(23)9-10/h3-5,7,9,14,20H,6,8H2,1-2H3,(H,24,27). The lowest BCUT2D eigenvalue weighted by Gasteiger charge is -2.29. The normalized spacial score (nSPS) is 19.8. The van der Waals surface area contributed by atoms with Gasteiger partial charge in [-0.15, -0.1) is 0 Å². The van der Waals surface area contributed by atoms with Crippen LogP contribution in [0, 0.1) is 11.6 Å². The Morgan fingerprint density at radius 2 is 1.90 bits per heavy atom. The van der Waals surface area contributed by atoms with Gasteiger partial charge >= 0.3 is 5.97 Å². The molecule has 162 valence electrons. The van der Waals surface area contributed by atoms with E-state index in [0.717, 1.165) is 12.1 Å². The molecule has 1 N–H and O–H groups in total. The van der Waals surface area contributed by atoms with Crippen LogP contribution in [0.3, 0.4) is 0 Å². The van der Waals surface area contributed by atoms with Crippen molar-refractivity contribution in [2.45, 2.75) is 25.1 Å². The fourth-order valence-corrected chi connectivity index (χ4v) is 3.84. The van der Waals surface area contributed by atoms with Crippen molar-refractivity contribution < 1.29 is 37.4 Å². The smallest absolute Gasteiger partial charge is 0.344 e. The second-order valence-electron chi connectivity index (χ2n) is 7.00. The maximum atomic E-state index is 13.5. The number of methoxy groups -OCH3 is 2. The minimum absolute atomic E-state index is 0.0402. The lowest BCUT2D eigenvalue weighted by molar-refractivity contribution is -0.144. The molecule has 0 radical (unpaired) electrons. The van der Waals surface area contributed by atoms with Gasteiger partial charge in [0.25, 0.3) is 0 Å². The van der Waals surface area contributed by atoms with Crippen molar-refractivity contribution in [1.29, 1.82) is 0 Å². The number of ether oxygens (including phenoxy) is 3. The predicted molar refractivity (Wildman–Crippen MR) is 103 cm³/mol. The van der Waals surface area contributed by atoms with Gasteiger partial charge in [0.15, 0.2) is 23.1 Å². The first-order valence-electron chi connectivity index (χ1n) is 9.38. The summed E-state index contributed by atoms with van der Waals surface area (Å²) in [6.45, 7) is 0. The molecule has 0 spiro atoms. The van der Waals surface area contributed by atoms with E-state index in [0.29, 0.717) is 11.3 Å². The molecule has 2 aliphatic rings. The number of rotatable bonds is 5. The molecule has 2 aliphatic heterocycles. The van der Waals surface area contributed by atoms with Crippen LogP contribution in [-0.4, -0.2) is 42.9 Å². The molecule has 0 saturated carbocycles. The Bertz CT molecular complexity index is 1090. The maximum Gasteiger partial charge on any atom is 0.344 e. The largest absolute Gasteiger partial charge is 0.493 e. The number of amides is 2. The van der Waals surface area contributed by atoms with E-state index in [1.165, 1.54) is 25.2 Å². The van der Waals surface area contributed by atoms with Gasteiger partial charge in [-0.3, -0.25) is 14.5 Å². The number of hydrogen-bond donors (Lipinski definition) is 1. The van der Waals surface area contributed by atoms with E-state index in [4.69, 9.17) is 14.2 Å². The summed E-state index contributed by atoms with van der Waals surface area (Å²) in [5.74, 6) is -3.38. The highest BCUT2D eigenvalue weighted by molar-refractivity contribution is 6.01. The van der Waals surface area contributed by atoms with E-state index >= 15 is 0 Å². The van der Waals surface area contributed by atoms with Crippen LogP contribution in [0.5, 0.6) is 11.5 Å². The Hall–Kier alpha value is -3.69. The van der Waals surface area contributed by atoms with Crippen LogP contribution in [0.1, 0.15) is 35.0 Å². The molecule has 2 heterocycles. The summed E-state index contributed by atoms with van der Waals surface area (Å²) in [6.07, 6.45) is -0.893. The summed E-state index contributed by atoms with van der Waals surface area (Å²) in [6, 6.07) is 5.11. The zero-order valence-corrected chi connectivity index (χ0v) is 16.6. The number of carbonyl (C=O) groups is 3. The number of likely N-dealkylation sites (tertiary alicyclic amines) is 1. The van der Waals surface area contributed by atoms with Crippen molar-refractivity contribution in [3.63, 3.8) is 0 Å². The van der Waals surface area contributed by atoms with Gasteiger partial charge < -0.3 is 19.5 Å². The van der Waals surface area contributed by atoms with Crippen molar-refractivity contribution in [1.82, 2.24) is 4.90 Å². The third-order valence-corrected chi connectivity index (χ3v) is 5.26. The second-order valence-corrected chi connectivity index (χ2v) is 7.00. The summed E-state index contributed by atoms with van der Waals surface area (Å²) in [5.41, 5.74) is 0.522. The summed E-state index contributed by atoms with van der Waals surface area (Å²) in [7, 11) is 2.79. The molecular weight excluding hydrogens is 414 g/mol. The molecule has 0 bridgehead atoms. The zero-order chi connectivity index (χ0) is 22.3. The number of fused-ring (bicyclic) bond motifs is 1. The van der Waals surface area contributed by atoms with E-state index in [2.05, 4.69) is 5.32 Å². The van der Waals surface area contributed by atoms with Crippen LogP contribution in [-0.2, 0) is 14.3 Å². The first-order chi connectivity index (χ1) is 14.8. The lowest BCUT2D eigenvalue weighted by atomic mass is 10.1. The number of nitrogens with zero attached hydrogens (tertiary/aromatic N) is 1. The molecule has 0 aromatic heterocycles. The van der Waals surface area contributed by atoms with Crippen LogP contribution in [0.4, 0.5) is 14.5 Å². The molecule has 0 aliphatic carbocycles. The summed E-state index contributed by atoms with van der Waals surface area (Å²) < 4.78 is 42.5.